The second-order valence-corrected chi connectivity index (χ2v) is 9.10. The highest BCUT2D eigenvalue weighted by molar-refractivity contribution is 9.10. The third-order valence-corrected chi connectivity index (χ3v) is 5.94. The molecule has 3 atom stereocenters. The van der Waals surface area contributed by atoms with Crippen molar-refractivity contribution in [3.8, 4) is 0 Å². The number of rotatable bonds is 4. The lowest BCUT2D eigenvalue weighted by atomic mass is 10.0. The highest BCUT2D eigenvalue weighted by Crippen LogP contribution is 2.37. The van der Waals surface area contributed by atoms with Crippen LogP contribution >= 0.6 is 15.9 Å². The Balaban J connectivity index is 1.55. The molecule has 138 valence electrons. The molecule has 0 radical (unpaired) electrons. The van der Waals surface area contributed by atoms with Crippen molar-refractivity contribution in [3.05, 3.63) is 33.8 Å². The van der Waals surface area contributed by atoms with Gasteiger partial charge >= 0.3 is 6.09 Å². The lowest BCUT2D eigenvalue weighted by molar-refractivity contribution is 0.0517. The van der Waals surface area contributed by atoms with Crippen molar-refractivity contribution in [2.24, 2.45) is 5.92 Å². The van der Waals surface area contributed by atoms with Gasteiger partial charge in [0.15, 0.2) is 0 Å². The largest absolute Gasteiger partial charge is 0.444 e. The minimum atomic E-state index is -0.446. The summed E-state index contributed by atoms with van der Waals surface area (Å²) in [5.41, 5.74) is 2.43. The minimum absolute atomic E-state index is 0.312. The van der Waals surface area contributed by atoms with E-state index in [1.54, 1.807) is 0 Å². The van der Waals surface area contributed by atoms with Gasteiger partial charge in [-0.05, 0) is 69.6 Å². The van der Waals surface area contributed by atoms with Gasteiger partial charge in [0.05, 0.1) is 0 Å². The zero-order valence-electron chi connectivity index (χ0n) is 15.4. The Kier molecular flexibility index (Phi) is 5.74. The Bertz CT molecular complexity index is 627. The molecular formula is C20H29BrN2O2. The first-order valence-electron chi connectivity index (χ1n) is 9.33. The number of alkyl carbamates (subject to hydrolysis) is 1. The zero-order valence-corrected chi connectivity index (χ0v) is 17.0. The third kappa shape index (κ3) is 4.76. The maximum atomic E-state index is 11.9. The van der Waals surface area contributed by atoms with Crippen molar-refractivity contribution in [1.82, 2.24) is 10.6 Å². The van der Waals surface area contributed by atoms with Gasteiger partial charge in [-0.2, -0.15) is 0 Å². The molecule has 2 aliphatic carbocycles. The summed E-state index contributed by atoms with van der Waals surface area (Å²) in [7, 11) is 0. The third-order valence-electron chi connectivity index (χ3n) is 5.20. The summed E-state index contributed by atoms with van der Waals surface area (Å²) in [5.74, 6) is 0.476. The van der Waals surface area contributed by atoms with Gasteiger partial charge in [0.2, 0.25) is 0 Å². The molecule has 4 nitrogen and oxygen atoms in total. The molecule has 1 fully saturated rings. The summed E-state index contributed by atoms with van der Waals surface area (Å²) >= 11 is 3.67. The van der Waals surface area contributed by atoms with E-state index in [9.17, 15) is 4.79 Å². The van der Waals surface area contributed by atoms with Crippen LogP contribution in [0.3, 0.4) is 0 Å². The predicted octanol–water partition coefficient (Wildman–Crippen LogP) is 4.72. The monoisotopic (exact) mass is 408 g/mol. The van der Waals surface area contributed by atoms with Gasteiger partial charge in [0.25, 0.3) is 0 Å². The van der Waals surface area contributed by atoms with Crippen molar-refractivity contribution < 1.29 is 9.53 Å². The van der Waals surface area contributed by atoms with Crippen LogP contribution in [0.25, 0.3) is 0 Å². The summed E-state index contributed by atoms with van der Waals surface area (Å²) in [6, 6.07) is 7.39. The van der Waals surface area contributed by atoms with Gasteiger partial charge in [0.1, 0.15) is 5.60 Å². The van der Waals surface area contributed by atoms with Gasteiger partial charge < -0.3 is 15.4 Å². The number of fused-ring (bicyclic) bond motifs is 1. The second kappa shape index (κ2) is 7.67. The maximum Gasteiger partial charge on any atom is 0.407 e. The quantitative estimate of drug-likeness (QED) is 0.757. The van der Waals surface area contributed by atoms with E-state index in [-0.39, 0.29) is 6.09 Å². The molecule has 1 aromatic rings. The van der Waals surface area contributed by atoms with Gasteiger partial charge in [-0.1, -0.05) is 34.5 Å². The molecule has 3 rings (SSSR count). The normalized spacial score (nSPS) is 25.7. The maximum absolute atomic E-state index is 11.9. The lowest BCUT2D eigenvalue weighted by Crippen LogP contribution is -2.41. The van der Waals surface area contributed by atoms with Gasteiger partial charge in [-0.15, -0.1) is 0 Å². The molecule has 5 heteroatoms. The number of hydrogen-bond acceptors (Lipinski definition) is 3. The Labute approximate surface area is 159 Å². The Morgan fingerprint density at radius 3 is 2.84 bits per heavy atom. The molecule has 2 aliphatic rings. The predicted molar refractivity (Wildman–Crippen MR) is 104 cm³/mol. The highest BCUT2D eigenvalue weighted by atomic mass is 79.9. The first-order chi connectivity index (χ1) is 11.8. The fourth-order valence-electron chi connectivity index (χ4n) is 4.07. The standard InChI is InChI=1S/C20H29BrN2O2/c1-20(2,3)25-19(24)22-12-13-6-4-9-17(13)23-18-11-10-14-15(18)7-5-8-16(14)21/h5,7-8,13,17-18,23H,4,6,9-12H2,1-3H3,(H,22,24). The molecule has 0 heterocycles. The molecule has 3 unspecified atom stereocenters. The zero-order chi connectivity index (χ0) is 18.0. The van der Waals surface area contributed by atoms with E-state index in [2.05, 4.69) is 44.8 Å². The van der Waals surface area contributed by atoms with Gasteiger partial charge in [-0.3, -0.25) is 0 Å². The van der Waals surface area contributed by atoms with E-state index in [0.717, 1.165) is 19.3 Å². The fraction of sp³-hybridized carbons (Fsp3) is 0.650. The van der Waals surface area contributed by atoms with Crippen molar-refractivity contribution >= 4 is 22.0 Å². The molecule has 1 saturated carbocycles. The molecule has 1 amide bonds. The summed E-state index contributed by atoms with van der Waals surface area (Å²) in [5, 5.41) is 6.83. The number of carbonyl (C=O) groups is 1. The Morgan fingerprint density at radius 1 is 1.28 bits per heavy atom. The van der Waals surface area contributed by atoms with Crippen LogP contribution in [-0.2, 0) is 11.2 Å². The average molecular weight is 409 g/mol. The van der Waals surface area contributed by atoms with E-state index in [1.165, 1.54) is 28.4 Å². The molecular weight excluding hydrogens is 380 g/mol. The summed E-state index contributed by atoms with van der Waals surface area (Å²) in [6.45, 7) is 6.36. The van der Waals surface area contributed by atoms with Crippen molar-refractivity contribution in [2.75, 3.05) is 6.54 Å². The summed E-state index contributed by atoms with van der Waals surface area (Å²) < 4.78 is 6.58. The minimum Gasteiger partial charge on any atom is -0.444 e. The molecule has 25 heavy (non-hydrogen) atoms. The number of hydrogen-bond donors (Lipinski definition) is 2. The molecule has 2 N–H and O–H groups in total. The Hall–Kier alpha value is -1.07. The van der Waals surface area contributed by atoms with Crippen molar-refractivity contribution in [1.29, 1.82) is 0 Å². The van der Waals surface area contributed by atoms with Crippen LogP contribution in [0, 0.1) is 5.92 Å². The highest BCUT2D eigenvalue weighted by Gasteiger charge is 2.32. The first kappa shape index (κ1) is 18.7. The number of ether oxygens (including phenoxy) is 1. The molecule has 0 aromatic heterocycles. The van der Waals surface area contributed by atoms with E-state index < -0.39 is 5.60 Å². The van der Waals surface area contributed by atoms with Crippen molar-refractivity contribution in [3.63, 3.8) is 0 Å². The van der Waals surface area contributed by atoms with E-state index >= 15 is 0 Å². The number of nitrogens with one attached hydrogen (secondary N) is 2. The van der Waals surface area contributed by atoms with Crippen LogP contribution in [0.1, 0.15) is 63.6 Å². The lowest BCUT2D eigenvalue weighted by Gasteiger charge is -2.26. The van der Waals surface area contributed by atoms with E-state index in [4.69, 9.17) is 4.74 Å². The van der Waals surface area contributed by atoms with Crippen LogP contribution in [0.2, 0.25) is 0 Å². The summed E-state index contributed by atoms with van der Waals surface area (Å²) in [4.78, 5) is 11.9. The van der Waals surface area contributed by atoms with Crippen LogP contribution in [0.4, 0.5) is 4.79 Å². The van der Waals surface area contributed by atoms with Crippen LogP contribution in [0.15, 0.2) is 22.7 Å². The van der Waals surface area contributed by atoms with Gasteiger partial charge in [-0.25, -0.2) is 4.79 Å². The smallest absolute Gasteiger partial charge is 0.407 e. The SMILES string of the molecule is CC(C)(C)OC(=O)NCC1CCCC1NC1CCc2c(Br)cccc21. The van der Waals surface area contributed by atoms with E-state index in [1.807, 2.05) is 20.8 Å². The average Bonchev–Trinajstić information content (AvgIpc) is 3.12. The van der Waals surface area contributed by atoms with Crippen molar-refractivity contribution in [2.45, 2.75) is 70.6 Å². The van der Waals surface area contributed by atoms with E-state index in [0.29, 0.717) is 24.5 Å². The topological polar surface area (TPSA) is 50.4 Å². The molecule has 0 aliphatic heterocycles. The molecule has 0 saturated heterocycles. The number of halogens is 1. The first-order valence-corrected chi connectivity index (χ1v) is 10.1. The van der Waals surface area contributed by atoms with Crippen LogP contribution < -0.4 is 10.6 Å². The summed E-state index contributed by atoms with van der Waals surface area (Å²) in [6.07, 6.45) is 5.53. The van der Waals surface area contributed by atoms with Gasteiger partial charge in [0, 0.05) is 23.1 Å². The number of carbonyl (C=O) groups excluding carboxylic acids is 1. The molecule has 0 bridgehead atoms. The number of benzene rings is 1. The second-order valence-electron chi connectivity index (χ2n) is 8.25. The van der Waals surface area contributed by atoms with Crippen LogP contribution in [0.5, 0.6) is 0 Å². The van der Waals surface area contributed by atoms with Crippen LogP contribution in [-0.4, -0.2) is 24.3 Å². The Morgan fingerprint density at radius 2 is 2.08 bits per heavy atom. The molecule has 0 spiro atoms. The number of amides is 1. The fourth-order valence-corrected chi connectivity index (χ4v) is 4.65. The molecule has 1 aromatic carbocycles.